The maximum absolute atomic E-state index is 13.7. The van der Waals surface area contributed by atoms with Gasteiger partial charge in [-0.3, -0.25) is 19.5 Å². The fourth-order valence-electron chi connectivity index (χ4n) is 6.16. The molecule has 4 heterocycles. The summed E-state index contributed by atoms with van der Waals surface area (Å²) in [4.78, 5) is 33.3. The summed E-state index contributed by atoms with van der Waals surface area (Å²) in [7, 11) is 0. The summed E-state index contributed by atoms with van der Waals surface area (Å²) in [5.74, 6) is 0.0547. The Morgan fingerprint density at radius 3 is 2.63 bits per heavy atom. The molecule has 3 aliphatic rings. The zero-order chi connectivity index (χ0) is 29.8. The van der Waals surface area contributed by atoms with Gasteiger partial charge in [0.15, 0.2) is 0 Å². The van der Waals surface area contributed by atoms with E-state index in [4.69, 9.17) is 14.7 Å². The SMILES string of the molecule is N#Cc1ccc(CN2C[C@@H]3C[C@H]2C(=O)NC[C@H]2O[C@H](CCOc4cc(-c5ccncc5)ccc4C(=O)N3)CC[C@@H]2O)cc1. The number of carbonyl (C=O) groups is 2. The number of aliphatic hydroxyl groups excluding tert-OH is 1. The van der Waals surface area contributed by atoms with E-state index in [0.717, 1.165) is 16.7 Å². The van der Waals surface area contributed by atoms with Crippen molar-refractivity contribution < 1.29 is 24.2 Å². The number of likely N-dealkylation sites (tertiary alicyclic amines) is 1. The topological polar surface area (TPSA) is 137 Å². The molecule has 2 aromatic carbocycles. The summed E-state index contributed by atoms with van der Waals surface area (Å²) in [6.45, 7) is 1.49. The van der Waals surface area contributed by atoms with E-state index in [1.54, 1.807) is 30.6 Å². The monoisotopic (exact) mass is 581 g/mol. The van der Waals surface area contributed by atoms with Gasteiger partial charge in [-0.1, -0.05) is 18.2 Å². The van der Waals surface area contributed by atoms with Gasteiger partial charge in [-0.2, -0.15) is 5.26 Å². The van der Waals surface area contributed by atoms with Crippen molar-refractivity contribution in [3.63, 3.8) is 0 Å². The lowest BCUT2D eigenvalue weighted by Gasteiger charge is -2.34. The summed E-state index contributed by atoms with van der Waals surface area (Å²) >= 11 is 0. The van der Waals surface area contributed by atoms with Gasteiger partial charge in [0.2, 0.25) is 5.91 Å². The third-order valence-corrected chi connectivity index (χ3v) is 8.51. The number of ether oxygens (including phenoxy) is 2. The molecule has 3 aliphatic heterocycles. The Hall–Kier alpha value is -4.30. The Bertz CT molecular complexity index is 1490. The van der Waals surface area contributed by atoms with Gasteiger partial charge < -0.3 is 25.2 Å². The van der Waals surface area contributed by atoms with E-state index in [9.17, 15) is 14.7 Å². The molecule has 6 rings (SSSR count). The number of aromatic nitrogens is 1. The zero-order valence-corrected chi connectivity index (χ0v) is 23.8. The number of nitrogens with one attached hydrogen (secondary N) is 2. The zero-order valence-electron chi connectivity index (χ0n) is 23.8. The molecule has 1 aromatic heterocycles. The molecule has 2 saturated heterocycles. The van der Waals surface area contributed by atoms with E-state index >= 15 is 0 Å². The normalized spacial score (nSPS) is 26.4. The van der Waals surface area contributed by atoms with Gasteiger partial charge in [-0.25, -0.2) is 0 Å². The van der Waals surface area contributed by atoms with E-state index in [-0.39, 0.29) is 30.5 Å². The maximum atomic E-state index is 13.7. The number of aliphatic hydroxyl groups is 1. The second-order valence-corrected chi connectivity index (χ2v) is 11.4. The minimum absolute atomic E-state index is 0.136. The highest BCUT2D eigenvalue weighted by Crippen LogP contribution is 2.30. The third-order valence-electron chi connectivity index (χ3n) is 8.51. The standard InChI is InChI=1S/C33H35N5O5/c34-17-21-1-3-22(4-2-21)19-38-20-25-16-28(38)33(41)36-18-31-29(39)8-6-26(43-31)11-14-42-30-15-24(23-9-12-35-13-10-23)5-7-27(30)32(40)37-25/h1-5,7,9-10,12-13,15,25-26,28-29,31,39H,6,8,11,14,16,18-20H2,(H,36,41)(H,37,40)/t25-,26-,28-,29-,31+/m0/s1. The predicted octanol–water partition coefficient (Wildman–Crippen LogP) is 2.80. The quantitative estimate of drug-likeness (QED) is 0.430. The molecular weight excluding hydrogens is 546 g/mol. The van der Waals surface area contributed by atoms with Gasteiger partial charge in [0.25, 0.3) is 5.91 Å². The maximum Gasteiger partial charge on any atom is 0.255 e. The second kappa shape index (κ2) is 12.9. The average Bonchev–Trinajstić information content (AvgIpc) is 3.43. The van der Waals surface area contributed by atoms with Crippen LogP contribution in [-0.2, 0) is 16.1 Å². The van der Waals surface area contributed by atoms with Crippen LogP contribution in [0.2, 0.25) is 0 Å². The van der Waals surface area contributed by atoms with Crippen LogP contribution in [0, 0.1) is 11.3 Å². The molecule has 0 spiro atoms. The lowest BCUT2D eigenvalue weighted by molar-refractivity contribution is -0.133. The van der Waals surface area contributed by atoms with Crippen molar-refractivity contribution in [1.82, 2.24) is 20.5 Å². The summed E-state index contributed by atoms with van der Waals surface area (Å²) in [5.41, 5.74) is 3.83. The first-order valence-electron chi connectivity index (χ1n) is 14.8. The Kier molecular flexibility index (Phi) is 8.65. The number of nitrogens with zero attached hydrogens (tertiary/aromatic N) is 3. The minimum atomic E-state index is -0.662. The van der Waals surface area contributed by atoms with Crippen LogP contribution in [0.4, 0.5) is 0 Å². The van der Waals surface area contributed by atoms with E-state index in [2.05, 4.69) is 21.7 Å². The number of pyridine rings is 1. The molecule has 0 radical (unpaired) electrons. The van der Waals surface area contributed by atoms with Crippen molar-refractivity contribution in [1.29, 1.82) is 5.26 Å². The van der Waals surface area contributed by atoms with Crippen LogP contribution in [0.25, 0.3) is 11.1 Å². The van der Waals surface area contributed by atoms with Crippen LogP contribution in [0.15, 0.2) is 67.0 Å². The van der Waals surface area contributed by atoms with E-state index in [0.29, 0.717) is 62.3 Å². The van der Waals surface area contributed by atoms with Crippen molar-refractivity contribution >= 4 is 11.8 Å². The summed E-state index contributed by atoms with van der Waals surface area (Å²) in [5, 5.41) is 25.9. The minimum Gasteiger partial charge on any atom is -0.493 e. The van der Waals surface area contributed by atoms with Crippen LogP contribution in [0.3, 0.4) is 0 Å². The van der Waals surface area contributed by atoms with Gasteiger partial charge in [0.05, 0.1) is 42.1 Å². The molecule has 222 valence electrons. The van der Waals surface area contributed by atoms with Crippen molar-refractivity contribution in [3.05, 3.63) is 83.7 Å². The number of benzene rings is 2. The van der Waals surface area contributed by atoms with Gasteiger partial charge in [0.1, 0.15) is 11.9 Å². The molecule has 0 unspecified atom stereocenters. The van der Waals surface area contributed by atoms with Crippen LogP contribution < -0.4 is 15.4 Å². The Balaban J connectivity index is 1.29. The highest BCUT2D eigenvalue weighted by Gasteiger charge is 2.39. The molecule has 3 aromatic rings. The van der Waals surface area contributed by atoms with Crippen molar-refractivity contribution in [2.75, 3.05) is 19.7 Å². The predicted molar refractivity (Wildman–Crippen MR) is 158 cm³/mol. The molecule has 5 atom stereocenters. The lowest BCUT2D eigenvalue weighted by atomic mass is 9.99. The van der Waals surface area contributed by atoms with Crippen LogP contribution in [-0.4, -0.2) is 76.9 Å². The highest BCUT2D eigenvalue weighted by molar-refractivity contribution is 5.98. The summed E-state index contributed by atoms with van der Waals surface area (Å²) in [6.07, 6.45) is 4.41. The van der Waals surface area contributed by atoms with Gasteiger partial charge in [-0.15, -0.1) is 0 Å². The number of amides is 2. The van der Waals surface area contributed by atoms with Crippen LogP contribution >= 0.6 is 0 Å². The van der Waals surface area contributed by atoms with Crippen molar-refractivity contribution in [2.45, 2.75) is 62.6 Å². The lowest BCUT2D eigenvalue weighted by Crippen LogP contribution is -2.50. The van der Waals surface area contributed by atoms with Crippen LogP contribution in [0.1, 0.15) is 47.2 Å². The van der Waals surface area contributed by atoms with E-state index in [1.165, 1.54) is 0 Å². The molecule has 10 nitrogen and oxygen atoms in total. The van der Waals surface area contributed by atoms with Gasteiger partial charge in [-0.05, 0) is 72.4 Å². The average molecular weight is 582 g/mol. The summed E-state index contributed by atoms with van der Waals surface area (Å²) in [6, 6.07) is 18.0. The van der Waals surface area contributed by atoms with Crippen molar-refractivity contribution in [3.8, 4) is 22.9 Å². The molecule has 4 bridgehead atoms. The Morgan fingerprint density at radius 1 is 1.02 bits per heavy atom. The first-order chi connectivity index (χ1) is 21.0. The molecule has 3 N–H and O–H groups in total. The van der Waals surface area contributed by atoms with Crippen molar-refractivity contribution in [2.24, 2.45) is 0 Å². The molecule has 10 heteroatoms. The fraction of sp³-hybridized carbons (Fsp3) is 0.394. The molecule has 2 amide bonds. The third kappa shape index (κ3) is 6.70. The summed E-state index contributed by atoms with van der Waals surface area (Å²) < 4.78 is 12.4. The Labute approximate surface area is 250 Å². The van der Waals surface area contributed by atoms with Gasteiger partial charge in [0, 0.05) is 44.5 Å². The number of rotatable bonds is 3. The second-order valence-electron chi connectivity index (χ2n) is 11.4. The largest absolute Gasteiger partial charge is 0.493 e. The molecule has 0 aliphatic carbocycles. The fourth-order valence-corrected chi connectivity index (χ4v) is 6.16. The van der Waals surface area contributed by atoms with E-state index in [1.807, 2.05) is 41.3 Å². The first kappa shape index (κ1) is 28.8. The number of nitriles is 1. The van der Waals surface area contributed by atoms with Gasteiger partial charge >= 0.3 is 0 Å². The Morgan fingerprint density at radius 2 is 1.84 bits per heavy atom. The molecular formula is C33H35N5O5. The molecule has 2 fully saturated rings. The number of hydrogen-bond acceptors (Lipinski definition) is 8. The highest BCUT2D eigenvalue weighted by atomic mass is 16.5. The van der Waals surface area contributed by atoms with Crippen LogP contribution in [0.5, 0.6) is 5.75 Å². The smallest absolute Gasteiger partial charge is 0.255 e. The molecule has 0 saturated carbocycles. The molecule has 43 heavy (non-hydrogen) atoms. The number of fused-ring (bicyclic) bond motifs is 5. The number of hydrogen-bond donors (Lipinski definition) is 3. The number of carbonyl (C=O) groups excluding carboxylic acids is 2. The van der Waals surface area contributed by atoms with E-state index < -0.39 is 18.2 Å². The first-order valence-corrected chi connectivity index (χ1v) is 14.8.